The molecule has 0 aliphatic carbocycles. The molecule has 1 unspecified atom stereocenters. The Morgan fingerprint density at radius 3 is 2.96 bits per heavy atom. The van der Waals surface area contributed by atoms with Gasteiger partial charge < -0.3 is 10.2 Å². The van der Waals surface area contributed by atoms with E-state index in [-0.39, 0.29) is 18.1 Å². The van der Waals surface area contributed by atoms with Crippen molar-refractivity contribution in [1.29, 1.82) is 0 Å². The fourth-order valence-corrected chi connectivity index (χ4v) is 2.47. The smallest absolute Gasteiger partial charge is 0.268 e. The Labute approximate surface area is 137 Å². The van der Waals surface area contributed by atoms with Crippen LogP contribution in [0.2, 0.25) is 5.02 Å². The number of halogens is 2. The van der Waals surface area contributed by atoms with Gasteiger partial charge in [-0.2, -0.15) is 0 Å². The first-order valence-corrected chi connectivity index (χ1v) is 7.46. The molecule has 3 rings (SSSR count). The van der Waals surface area contributed by atoms with Crippen LogP contribution in [0.15, 0.2) is 47.6 Å². The van der Waals surface area contributed by atoms with Gasteiger partial charge in [0.05, 0.1) is 5.71 Å². The fraction of sp³-hybridized carbons (Fsp3) is 0.176. The standard InChI is InChI=1S/C17H14ClFN2O2/c1-10-5-6-12(18)8-14(10)20-17(22)16-9-15(21-23-16)11-3-2-4-13(19)7-11/h2-8,16H,9H2,1H3,(H,20,22). The predicted molar refractivity (Wildman–Crippen MR) is 87.2 cm³/mol. The van der Waals surface area contributed by atoms with E-state index in [1.54, 1.807) is 24.3 Å². The van der Waals surface area contributed by atoms with Gasteiger partial charge in [0.2, 0.25) is 6.10 Å². The van der Waals surface area contributed by atoms with Gasteiger partial charge in [0, 0.05) is 22.7 Å². The van der Waals surface area contributed by atoms with Crippen LogP contribution in [0.1, 0.15) is 17.5 Å². The number of aryl methyl sites for hydroxylation is 1. The molecule has 0 bridgehead atoms. The highest BCUT2D eigenvalue weighted by Crippen LogP contribution is 2.23. The molecular formula is C17H14ClFN2O2. The predicted octanol–water partition coefficient (Wildman–Crippen LogP) is 3.92. The van der Waals surface area contributed by atoms with Crippen LogP contribution < -0.4 is 5.32 Å². The van der Waals surface area contributed by atoms with Gasteiger partial charge >= 0.3 is 0 Å². The van der Waals surface area contributed by atoms with Crippen LogP contribution in [0.4, 0.5) is 10.1 Å². The summed E-state index contributed by atoms with van der Waals surface area (Å²) in [5.41, 5.74) is 2.68. The third kappa shape index (κ3) is 3.51. The summed E-state index contributed by atoms with van der Waals surface area (Å²) in [7, 11) is 0. The zero-order valence-electron chi connectivity index (χ0n) is 12.3. The van der Waals surface area contributed by atoms with Crippen LogP contribution in [-0.4, -0.2) is 17.7 Å². The average molecular weight is 333 g/mol. The van der Waals surface area contributed by atoms with Crippen LogP contribution in [0.3, 0.4) is 0 Å². The largest absolute Gasteiger partial charge is 0.382 e. The Hall–Kier alpha value is -2.40. The maximum Gasteiger partial charge on any atom is 0.268 e. The number of nitrogens with zero attached hydrogens (tertiary/aromatic N) is 1. The minimum absolute atomic E-state index is 0.287. The third-order valence-corrected chi connectivity index (χ3v) is 3.81. The molecule has 1 atom stereocenters. The molecule has 0 spiro atoms. The molecule has 1 heterocycles. The molecule has 118 valence electrons. The van der Waals surface area contributed by atoms with Crippen molar-refractivity contribution < 1.29 is 14.0 Å². The number of nitrogens with one attached hydrogen (secondary N) is 1. The van der Waals surface area contributed by atoms with Crippen molar-refractivity contribution in [2.45, 2.75) is 19.4 Å². The van der Waals surface area contributed by atoms with Gasteiger partial charge in [-0.3, -0.25) is 4.79 Å². The van der Waals surface area contributed by atoms with Gasteiger partial charge in [0.15, 0.2) is 0 Å². The van der Waals surface area contributed by atoms with Crippen LogP contribution in [0.25, 0.3) is 0 Å². The summed E-state index contributed by atoms with van der Waals surface area (Å²) in [6.45, 7) is 1.87. The fourth-order valence-electron chi connectivity index (χ4n) is 2.30. The molecular weight excluding hydrogens is 319 g/mol. The number of amides is 1. The summed E-state index contributed by atoms with van der Waals surface area (Å²) >= 11 is 5.94. The molecule has 2 aromatic carbocycles. The number of carbonyl (C=O) groups excluding carboxylic acids is 1. The third-order valence-electron chi connectivity index (χ3n) is 3.58. The molecule has 0 aromatic heterocycles. The number of carbonyl (C=O) groups is 1. The van der Waals surface area contributed by atoms with E-state index in [9.17, 15) is 9.18 Å². The Bertz CT molecular complexity index is 792. The average Bonchev–Trinajstić information content (AvgIpc) is 3.01. The van der Waals surface area contributed by atoms with E-state index in [0.29, 0.717) is 22.0 Å². The molecule has 6 heteroatoms. The Morgan fingerprint density at radius 2 is 2.17 bits per heavy atom. The molecule has 0 radical (unpaired) electrons. The normalized spacial score (nSPS) is 16.7. The van der Waals surface area contributed by atoms with Gasteiger partial charge in [-0.15, -0.1) is 0 Å². The van der Waals surface area contributed by atoms with Gasteiger partial charge in [0.25, 0.3) is 5.91 Å². The van der Waals surface area contributed by atoms with E-state index in [0.717, 1.165) is 5.56 Å². The zero-order valence-corrected chi connectivity index (χ0v) is 13.1. The minimum Gasteiger partial charge on any atom is -0.382 e. The van der Waals surface area contributed by atoms with E-state index in [2.05, 4.69) is 10.5 Å². The highest BCUT2D eigenvalue weighted by molar-refractivity contribution is 6.31. The van der Waals surface area contributed by atoms with E-state index in [4.69, 9.17) is 16.4 Å². The van der Waals surface area contributed by atoms with E-state index in [1.165, 1.54) is 12.1 Å². The molecule has 1 aliphatic heterocycles. The number of oxime groups is 1. The first-order chi connectivity index (χ1) is 11.0. The van der Waals surface area contributed by atoms with Gasteiger partial charge in [0.1, 0.15) is 5.82 Å². The second kappa shape index (κ2) is 6.38. The lowest BCUT2D eigenvalue weighted by atomic mass is 10.0. The molecule has 0 saturated carbocycles. The molecule has 4 nitrogen and oxygen atoms in total. The summed E-state index contributed by atoms with van der Waals surface area (Å²) in [6, 6.07) is 11.3. The molecule has 1 aliphatic rings. The SMILES string of the molecule is Cc1ccc(Cl)cc1NC(=O)C1CC(c2cccc(F)c2)=NO1. The monoisotopic (exact) mass is 332 g/mol. The summed E-state index contributed by atoms with van der Waals surface area (Å²) in [5, 5.41) is 7.21. The summed E-state index contributed by atoms with van der Waals surface area (Å²) < 4.78 is 13.3. The van der Waals surface area contributed by atoms with Crippen molar-refractivity contribution in [2.24, 2.45) is 5.16 Å². The lowest BCUT2D eigenvalue weighted by Gasteiger charge is -2.11. The van der Waals surface area contributed by atoms with Gasteiger partial charge in [-0.05, 0) is 36.8 Å². The number of hydrogen-bond acceptors (Lipinski definition) is 3. The van der Waals surface area contributed by atoms with Gasteiger partial charge in [-0.1, -0.05) is 35.0 Å². The van der Waals surface area contributed by atoms with Crippen LogP contribution in [0, 0.1) is 12.7 Å². The first kappa shape index (κ1) is 15.5. The summed E-state index contributed by atoms with van der Waals surface area (Å²) in [5.74, 6) is -0.668. The lowest BCUT2D eigenvalue weighted by molar-refractivity contribution is -0.125. The van der Waals surface area contributed by atoms with Crippen LogP contribution in [0.5, 0.6) is 0 Å². The summed E-state index contributed by atoms with van der Waals surface area (Å²) in [4.78, 5) is 17.5. The zero-order chi connectivity index (χ0) is 16.4. The Morgan fingerprint density at radius 1 is 1.35 bits per heavy atom. The number of anilines is 1. The minimum atomic E-state index is -0.744. The number of rotatable bonds is 3. The quantitative estimate of drug-likeness (QED) is 0.926. The van der Waals surface area contributed by atoms with E-state index < -0.39 is 6.10 Å². The topological polar surface area (TPSA) is 50.7 Å². The molecule has 1 amide bonds. The molecule has 23 heavy (non-hydrogen) atoms. The maximum atomic E-state index is 13.3. The maximum absolute atomic E-state index is 13.3. The molecule has 0 saturated heterocycles. The molecule has 2 aromatic rings. The van der Waals surface area contributed by atoms with E-state index >= 15 is 0 Å². The van der Waals surface area contributed by atoms with Crippen molar-refractivity contribution in [3.8, 4) is 0 Å². The summed E-state index contributed by atoms with van der Waals surface area (Å²) in [6.07, 6.45) is -0.457. The van der Waals surface area contributed by atoms with Gasteiger partial charge in [-0.25, -0.2) is 4.39 Å². The molecule has 1 N–H and O–H groups in total. The second-order valence-corrected chi connectivity index (χ2v) is 5.73. The van der Waals surface area contributed by atoms with Crippen LogP contribution >= 0.6 is 11.6 Å². The lowest BCUT2D eigenvalue weighted by Crippen LogP contribution is -2.28. The van der Waals surface area contributed by atoms with Crippen molar-refractivity contribution in [3.05, 3.63) is 64.4 Å². The van der Waals surface area contributed by atoms with Crippen molar-refractivity contribution in [1.82, 2.24) is 0 Å². The highest BCUT2D eigenvalue weighted by atomic mass is 35.5. The Kier molecular flexibility index (Phi) is 4.30. The molecule has 0 fully saturated rings. The highest BCUT2D eigenvalue weighted by Gasteiger charge is 2.29. The number of benzene rings is 2. The van der Waals surface area contributed by atoms with Crippen LogP contribution in [-0.2, 0) is 9.63 Å². The van der Waals surface area contributed by atoms with E-state index in [1.807, 2.05) is 13.0 Å². The van der Waals surface area contributed by atoms with Crippen molar-refractivity contribution in [2.75, 3.05) is 5.32 Å². The first-order valence-electron chi connectivity index (χ1n) is 7.08. The number of hydrogen-bond donors (Lipinski definition) is 1. The van der Waals surface area contributed by atoms with Crippen molar-refractivity contribution in [3.63, 3.8) is 0 Å². The second-order valence-electron chi connectivity index (χ2n) is 5.29. The van der Waals surface area contributed by atoms with Crippen molar-refractivity contribution >= 4 is 28.9 Å². The Balaban J connectivity index is 1.68.